The first-order valence-electron chi connectivity index (χ1n) is 11.2. The first-order valence-corrected chi connectivity index (χ1v) is 12.0. The number of amides is 1. The van der Waals surface area contributed by atoms with Crippen molar-refractivity contribution in [2.75, 3.05) is 25.5 Å². The van der Waals surface area contributed by atoms with Gasteiger partial charge in [-0.15, -0.1) is 0 Å². The highest BCUT2D eigenvalue weighted by atomic mass is 79.9. The maximum atomic E-state index is 13.6. The van der Waals surface area contributed by atoms with Gasteiger partial charge in [0.25, 0.3) is 0 Å². The first kappa shape index (κ1) is 26.5. The number of carbonyl (C=O) groups is 1. The van der Waals surface area contributed by atoms with Crippen LogP contribution in [0.3, 0.4) is 0 Å². The highest BCUT2D eigenvalue weighted by molar-refractivity contribution is 9.10. The van der Waals surface area contributed by atoms with Crippen LogP contribution in [0.4, 0.5) is 10.2 Å². The van der Waals surface area contributed by atoms with Gasteiger partial charge in [0.05, 0.1) is 23.7 Å². The highest BCUT2D eigenvalue weighted by Gasteiger charge is 2.23. The topological polar surface area (TPSA) is 176 Å². The fraction of sp³-hybridized carbons (Fsp3) is 0.217. The Morgan fingerprint density at radius 3 is 2.74 bits per heavy atom. The lowest BCUT2D eigenvalue weighted by atomic mass is 10.1. The van der Waals surface area contributed by atoms with Crippen LogP contribution in [-0.2, 0) is 11.2 Å². The number of nitrogens with zero attached hydrogens (tertiary/aromatic N) is 5. The Balaban J connectivity index is 1.31. The van der Waals surface area contributed by atoms with Gasteiger partial charge in [-0.05, 0) is 68.6 Å². The molecule has 0 aliphatic rings. The molecule has 198 valence electrons. The predicted molar refractivity (Wildman–Crippen MR) is 137 cm³/mol. The van der Waals surface area contributed by atoms with Crippen molar-refractivity contribution in [2.24, 2.45) is 10.7 Å². The quantitative estimate of drug-likeness (QED) is 0.141. The van der Waals surface area contributed by atoms with Gasteiger partial charge in [-0.25, -0.2) is 18.4 Å². The number of hydrogen-bond donors (Lipinski definition) is 3. The predicted octanol–water partition coefficient (Wildman–Crippen LogP) is 2.26. The first-order chi connectivity index (χ1) is 18.4. The van der Waals surface area contributed by atoms with Crippen molar-refractivity contribution < 1.29 is 23.1 Å². The van der Waals surface area contributed by atoms with Crippen molar-refractivity contribution in [3.8, 4) is 23.0 Å². The van der Waals surface area contributed by atoms with Gasteiger partial charge in [-0.2, -0.15) is 0 Å². The second-order valence-corrected chi connectivity index (χ2v) is 8.64. The van der Waals surface area contributed by atoms with Crippen LogP contribution in [-0.4, -0.2) is 52.1 Å². The van der Waals surface area contributed by atoms with Crippen molar-refractivity contribution in [2.45, 2.75) is 12.8 Å². The van der Waals surface area contributed by atoms with E-state index in [-0.39, 0.29) is 40.1 Å². The normalized spacial score (nSPS) is 11.4. The Bertz CT molecular complexity index is 1500. The Morgan fingerprint density at radius 1 is 1.21 bits per heavy atom. The Hall–Kier alpha value is -4.53. The number of nitrogens with two attached hydrogens (primary N) is 1. The molecular formula is C23H22BrFN8O5. The molecule has 0 saturated heterocycles. The molecule has 0 bridgehead atoms. The van der Waals surface area contributed by atoms with Gasteiger partial charge >= 0.3 is 5.76 Å². The molecule has 13 nitrogen and oxygen atoms in total. The number of methoxy groups -OCH3 is 1. The second kappa shape index (κ2) is 12.1. The second-order valence-electron chi connectivity index (χ2n) is 7.79. The molecular weight excluding hydrogens is 567 g/mol. The van der Waals surface area contributed by atoms with Crippen molar-refractivity contribution in [3.05, 3.63) is 68.9 Å². The van der Waals surface area contributed by atoms with Crippen molar-refractivity contribution in [1.29, 1.82) is 0 Å². The number of rotatable bonds is 10. The van der Waals surface area contributed by atoms with E-state index in [1.807, 2.05) is 0 Å². The fourth-order valence-electron chi connectivity index (χ4n) is 3.34. The molecule has 0 spiro atoms. The minimum Gasteiger partial charge on any atom is -0.497 e. The Kier molecular flexibility index (Phi) is 8.47. The Morgan fingerprint density at radius 2 is 2.00 bits per heavy atom. The third-order valence-corrected chi connectivity index (χ3v) is 5.77. The molecule has 2 aromatic carbocycles. The summed E-state index contributed by atoms with van der Waals surface area (Å²) in [6.07, 6.45) is 0.656. The van der Waals surface area contributed by atoms with Crippen LogP contribution in [0.2, 0.25) is 0 Å². The standard InChI is InChI=1S/C23H22BrFN8O5/c1-36-15-6-3-13(4-7-15)11-18(34)29-22(26)28-10-2-9-27-20-19(30-38-31-20)21-32-37-23(35)33(21)14-5-8-17(25)16(24)12-14/h3-8,12H,2,9-11H2,1H3,(H,27,31)(H3,26,28,29,34). The zero-order valence-electron chi connectivity index (χ0n) is 20.0. The summed E-state index contributed by atoms with van der Waals surface area (Å²) in [6.45, 7) is 0.683. The van der Waals surface area contributed by atoms with Crippen LogP contribution < -0.4 is 26.9 Å². The molecule has 0 saturated carbocycles. The monoisotopic (exact) mass is 588 g/mol. The van der Waals surface area contributed by atoms with E-state index in [9.17, 15) is 14.0 Å². The van der Waals surface area contributed by atoms with Crippen LogP contribution in [0.5, 0.6) is 5.75 Å². The van der Waals surface area contributed by atoms with E-state index in [1.54, 1.807) is 31.4 Å². The van der Waals surface area contributed by atoms with E-state index in [2.05, 4.69) is 47.0 Å². The molecule has 0 atom stereocenters. The molecule has 2 heterocycles. The van der Waals surface area contributed by atoms with Crippen LogP contribution in [0.1, 0.15) is 12.0 Å². The van der Waals surface area contributed by atoms with Crippen LogP contribution in [0, 0.1) is 5.82 Å². The number of aliphatic imine (C=N–C) groups is 1. The fourth-order valence-corrected chi connectivity index (χ4v) is 3.71. The average molecular weight is 589 g/mol. The van der Waals surface area contributed by atoms with Gasteiger partial charge in [-0.3, -0.25) is 19.6 Å². The van der Waals surface area contributed by atoms with E-state index in [4.69, 9.17) is 19.6 Å². The highest BCUT2D eigenvalue weighted by Crippen LogP contribution is 2.26. The molecule has 4 N–H and O–H groups in total. The summed E-state index contributed by atoms with van der Waals surface area (Å²) < 4.78 is 29.6. The zero-order chi connectivity index (χ0) is 27.1. The van der Waals surface area contributed by atoms with E-state index >= 15 is 0 Å². The summed E-state index contributed by atoms with van der Waals surface area (Å²) >= 11 is 3.09. The number of anilines is 1. The molecule has 15 heteroatoms. The van der Waals surface area contributed by atoms with Crippen LogP contribution in [0.15, 0.2) is 65.9 Å². The lowest BCUT2D eigenvalue weighted by Gasteiger charge is -2.06. The number of nitrogens with one attached hydrogen (secondary N) is 2. The largest absolute Gasteiger partial charge is 0.497 e. The molecule has 1 amide bonds. The van der Waals surface area contributed by atoms with Gasteiger partial charge < -0.3 is 15.8 Å². The van der Waals surface area contributed by atoms with Gasteiger partial charge in [0.2, 0.25) is 17.5 Å². The summed E-state index contributed by atoms with van der Waals surface area (Å²) in [6, 6.07) is 11.1. The molecule has 4 rings (SSSR count). The summed E-state index contributed by atoms with van der Waals surface area (Å²) in [5, 5.41) is 16.9. The molecule has 0 unspecified atom stereocenters. The van der Waals surface area contributed by atoms with Gasteiger partial charge in [0, 0.05) is 13.1 Å². The molecule has 38 heavy (non-hydrogen) atoms. The third-order valence-electron chi connectivity index (χ3n) is 5.17. The van der Waals surface area contributed by atoms with Crippen LogP contribution in [0.25, 0.3) is 17.2 Å². The number of aromatic nitrogens is 4. The smallest absolute Gasteiger partial charge is 0.446 e. The summed E-state index contributed by atoms with van der Waals surface area (Å²) in [5.74, 6) is -0.660. The minimum atomic E-state index is -0.800. The molecule has 2 aromatic heterocycles. The Labute approximate surface area is 222 Å². The van der Waals surface area contributed by atoms with E-state index in [1.165, 1.54) is 18.2 Å². The van der Waals surface area contributed by atoms with E-state index in [0.717, 1.165) is 10.1 Å². The zero-order valence-corrected chi connectivity index (χ0v) is 21.6. The van der Waals surface area contributed by atoms with Crippen molar-refractivity contribution in [1.82, 2.24) is 25.4 Å². The van der Waals surface area contributed by atoms with Gasteiger partial charge in [0.1, 0.15) is 11.6 Å². The SMILES string of the molecule is COc1ccc(CC(=O)NC(N)=NCCCNc2nonc2-c2noc(=O)n2-c2ccc(F)c(Br)c2)cc1. The van der Waals surface area contributed by atoms with Gasteiger partial charge in [-0.1, -0.05) is 17.3 Å². The maximum Gasteiger partial charge on any atom is 0.446 e. The number of hydrogen-bond acceptors (Lipinski definition) is 10. The molecule has 0 fully saturated rings. The average Bonchev–Trinajstić information content (AvgIpc) is 3.52. The lowest BCUT2D eigenvalue weighted by Crippen LogP contribution is -2.37. The number of carbonyl (C=O) groups excluding carboxylic acids is 1. The van der Waals surface area contributed by atoms with Crippen molar-refractivity contribution in [3.63, 3.8) is 0 Å². The summed E-state index contributed by atoms with van der Waals surface area (Å²) in [5.41, 5.74) is 7.03. The number of guanidine groups is 1. The minimum absolute atomic E-state index is 0.00405. The van der Waals surface area contributed by atoms with E-state index in [0.29, 0.717) is 30.9 Å². The summed E-state index contributed by atoms with van der Waals surface area (Å²) in [7, 11) is 1.57. The number of benzene rings is 2. The van der Waals surface area contributed by atoms with E-state index < -0.39 is 11.6 Å². The summed E-state index contributed by atoms with van der Waals surface area (Å²) in [4.78, 5) is 28.6. The lowest BCUT2D eigenvalue weighted by molar-refractivity contribution is -0.119. The van der Waals surface area contributed by atoms with Crippen molar-refractivity contribution >= 4 is 33.6 Å². The number of halogens is 2. The number of ether oxygens (including phenoxy) is 1. The molecule has 0 aliphatic heterocycles. The maximum absolute atomic E-state index is 13.6. The third kappa shape index (κ3) is 6.42. The van der Waals surface area contributed by atoms with Gasteiger partial charge in [0.15, 0.2) is 11.7 Å². The molecule has 4 aromatic rings. The van der Waals surface area contributed by atoms with Crippen LogP contribution >= 0.6 is 15.9 Å². The molecule has 0 radical (unpaired) electrons. The molecule has 0 aliphatic carbocycles.